The predicted octanol–water partition coefficient (Wildman–Crippen LogP) is 2.49. The maximum absolute atomic E-state index is 11.1. The minimum absolute atomic E-state index is 0.132. The van der Waals surface area contributed by atoms with Crippen molar-refractivity contribution in [1.82, 2.24) is 0 Å². The van der Waals surface area contributed by atoms with Crippen LogP contribution in [0.3, 0.4) is 0 Å². The summed E-state index contributed by atoms with van der Waals surface area (Å²) in [6.07, 6.45) is 0. The molecule has 0 spiro atoms. The number of rotatable bonds is 8. The topological polar surface area (TPSA) is 52.6 Å². The molecule has 0 aliphatic carbocycles. The number of halogens is 2. The molecule has 17 heavy (non-hydrogen) atoms. The van der Waals surface area contributed by atoms with E-state index in [1.54, 1.807) is 13.8 Å². The second-order valence-electron chi connectivity index (χ2n) is 2.65. The third kappa shape index (κ3) is 10.6. The second kappa shape index (κ2) is 9.88. The summed E-state index contributed by atoms with van der Waals surface area (Å²) in [6, 6.07) is 0. The summed E-state index contributed by atoms with van der Waals surface area (Å²) in [5, 5.41) is 0. The van der Waals surface area contributed by atoms with Gasteiger partial charge in [0.2, 0.25) is 0 Å². The molecule has 0 atom stereocenters. The van der Waals surface area contributed by atoms with E-state index in [0.717, 1.165) is 0 Å². The molecule has 9 heteroatoms. The third-order valence-corrected chi connectivity index (χ3v) is 24.5. The van der Waals surface area contributed by atoms with Crippen LogP contribution in [-0.4, -0.2) is 50.0 Å². The van der Waals surface area contributed by atoms with Gasteiger partial charge in [-0.2, -0.15) is 0 Å². The van der Waals surface area contributed by atoms with Crippen LogP contribution in [0, 0.1) is 0 Å². The molecule has 0 aromatic rings. The van der Waals surface area contributed by atoms with Crippen molar-refractivity contribution < 1.29 is 19.1 Å². The van der Waals surface area contributed by atoms with Gasteiger partial charge in [-0.05, 0) is 0 Å². The van der Waals surface area contributed by atoms with Crippen LogP contribution in [0.15, 0.2) is 0 Å². The van der Waals surface area contributed by atoms with Gasteiger partial charge >= 0.3 is 119 Å². The molecule has 0 saturated carbocycles. The predicted molar refractivity (Wildman–Crippen MR) is 75.6 cm³/mol. The Morgan fingerprint density at radius 1 is 1.00 bits per heavy atom. The van der Waals surface area contributed by atoms with Gasteiger partial charge in [-0.25, -0.2) is 0 Å². The number of ether oxygens (including phenoxy) is 2. The summed E-state index contributed by atoms with van der Waals surface area (Å²) in [6.45, 7) is 4.14. The Kier molecular flexibility index (Phi) is 10.5. The molecule has 0 aliphatic heterocycles. The number of esters is 2. The van der Waals surface area contributed by atoms with Crippen LogP contribution in [0.2, 0.25) is 0 Å². The van der Waals surface area contributed by atoms with Crippen LogP contribution >= 0.6 is 35.7 Å². The summed E-state index contributed by atoms with van der Waals surface area (Å²) in [5.74, 6) is -0.410. The zero-order valence-corrected chi connectivity index (χ0v) is 15.5. The average Bonchev–Trinajstić information content (AvgIpc) is 2.25. The Hall–Kier alpha value is 1.02. The zero-order chi connectivity index (χ0) is 13.3. The first-order valence-corrected chi connectivity index (χ1v) is 21.1. The van der Waals surface area contributed by atoms with Crippen LogP contribution in [0.1, 0.15) is 13.8 Å². The van der Waals surface area contributed by atoms with Gasteiger partial charge in [-0.1, -0.05) is 0 Å². The summed E-state index contributed by atoms with van der Waals surface area (Å²) in [5.41, 5.74) is 0. The van der Waals surface area contributed by atoms with Crippen molar-refractivity contribution in [1.29, 1.82) is 0 Å². The first-order chi connectivity index (χ1) is 7.91. The first-order valence-electron chi connectivity index (χ1n) is 4.88. The zero-order valence-electron chi connectivity index (χ0n) is 9.53. The van der Waals surface area contributed by atoms with Gasteiger partial charge in [0.1, 0.15) is 0 Å². The molecule has 0 unspecified atom stereocenters. The van der Waals surface area contributed by atoms with Crippen molar-refractivity contribution in [3.63, 3.8) is 0 Å². The molecule has 0 aromatic carbocycles. The van der Waals surface area contributed by atoms with Gasteiger partial charge in [0.05, 0.1) is 0 Å². The summed E-state index contributed by atoms with van der Waals surface area (Å²) in [4.78, 5) is 22.2. The molecule has 0 aromatic heterocycles. The maximum atomic E-state index is 11.1. The number of hydrogen-bond acceptors (Lipinski definition) is 6. The number of carbonyl (C=O) groups excluding carboxylic acids is 2. The van der Waals surface area contributed by atoms with Crippen LogP contribution in [0.4, 0.5) is 0 Å². The number of hydrogen-bond donors (Lipinski definition) is 0. The van der Waals surface area contributed by atoms with E-state index in [0.29, 0.717) is 13.2 Å². The first kappa shape index (κ1) is 18.0. The normalized spacial score (nSPS) is 11.1. The molecule has 0 N–H and O–H groups in total. The van der Waals surface area contributed by atoms with E-state index in [1.807, 2.05) is 0 Å². The van der Waals surface area contributed by atoms with Gasteiger partial charge in [-0.3, -0.25) is 0 Å². The van der Waals surface area contributed by atoms with Gasteiger partial charge in [0.25, 0.3) is 0 Å². The van der Waals surface area contributed by atoms with Crippen molar-refractivity contribution in [3.05, 3.63) is 0 Å². The van der Waals surface area contributed by atoms with E-state index in [9.17, 15) is 9.59 Å². The molecule has 0 saturated heterocycles. The molecule has 0 fully saturated rings. The van der Waals surface area contributed by atoms with E-state index in [-0.39, 0.29) is 23.4 Å². The molecule has 0 heterocycles. The Balaban J connectivity index is 3.86. The second-order valence-corrected chi connectivity index (χ2v) is 36.3. The quantitative estimate of drug-likeness (QED) is 0.438. The van der Waals surface area contributed by atoms with Gasteiger partial charge in [0.15, 0.2) is 0 Å². The van der Waals surface area contributed by atoms with E-state index in [1.165, 1.54) is 17.9 Å². The SMILES string of the molecule is CCOC(=O)C[S][Sn]([Cl])([Cl])[S]CC(=O)OCC. The fourth-order valence-electron chi connectivity index (χ4n) is 0.733. The molecule has 0 rings (SSSR count). The van der Waals surface area contributed by atoms with Gasteiger partial charge in [-0.15, -0.1) is 0 Å². The molecule has 100 valence electrons. The Morgan fingerprint density at radius 2 is 1.35 bits per heavy atom. The summed E-state index contributed by atoms with van der Waals surface area (Å²) in [7, 11) is 14.6. The third-order valence-electron chi connectivity index (χ3n) is 1.33. The van der Waals surface area contributed by atoms with Gasteiger partial charge in [0, 0.05) is 0 Å². The van der Waals surface area contributed by atoms with Crippen LogP contribution in [0.25, 0.3) is 0 Å². The van der Waals surface area contributed by atoms with E-state index in [2.05, 4.69) is 0 Å². The van der Waals surface area contributed by atoms with Crippen LogP contribution < -0.4 is 0 Å². The Morgan fingerprint density at radius 3 is 1.65 bits per heavy atom. The molecule has 0 amide bonds. The fraction of sp³-hybridized carbons (Fsp3) is 0.750. The van der Waals surface area contributed by atoms with E-state index < -0.39 is 13.4 Å². The van der Waals surface area contributed by atoms with Crippen molar-refractivity contribution in [3.8, 4) is 0 Å². The fourth-order valence-corrected chi connectivity index (χ4v) is 15.6. The molecular weight excluding hydrogens is 414 g/mol. The Labute approximate surface area is 118 Å². The van der Waals surface area contributed by atoms with Crippen LogP contribution in [-0.2, 0) is 19.1 Å². The molecule has 0 aliphatic rings. The monoisotopic (exact) mass is 428 g/mol. The van der Waals surface area contributed by atoms with Crippen LogP contribution in [0.5, 0.6) is 0 Å². The molecule has 4 nitrogen and oxygen atoms in total. The molecular formula is C8H14Cl2O4S2Sn. The standard InChI is InChI=1S/2C4H8O2S.2ClH.Sn/c2*1-2-6-4(5)3-7;;;/h2*7H,2-3H2,1H3;2*1H;/q;;;;+4/p-4. The van der Waals surface area contributed by atoms with Crippen molar-refractivity contribution >= 4 is 61.0 Å². The van der Waals surface area contributed by atoms with E-state index >= 15 is 0 Å². The Bertz CT molecular complexity index is 242. The summed E-state index contributed by atoms with van der Waals surface area (Å²) < 4.78 is 9.51. The average molecular weight is 428 g/mol. The van der Waals surface area contributed by atoms with E-state index in [4.69, 9.17) is 27.3 Å². The molecule has 0 radical (unpaired) electrons. The van der Waals surface area contributed by atoms with Crippen molar-refractivity contribution in [2.75, 3.05) is 24.7 Å². The van der Waals surface area contributed by atoms with Crippen molar-refractivity contribution in [2.45, 2.75) is 13.8 Å². The van der Waals surface area contributed by atoms with Gasteiger partial charge < -0.3 is 0 Å². The molecule has 0 bridgehead atoms. The van der Waals surface area contributed by atoms with Crippen molar-refractivity contribution in [2.24, 2.45) is 0 Å². The summed E-state index contributed by atoms with van der Waals surface area (Å²) >= 11 is -3.45. The number of carbonyl (C=O) groups is 2. The minimum atomic E-state index is -3.45.